The number of amides is 1. The van der Waals surface area contributed by atoms with Crippen LogP contribution in [0.2, 0.25) is 0 Å². The fraction of sp³-hybridized carbons (Fsp3) is 0.467. The van der Waals surface area contributed by atoms with Gasteiger partial charge < -0.3 is 20.1 Å². The molecule has 21 heavy (non-hydrogen) atoms. The zero-order chi connectivity index (χ0) is 15.0. The van der Waals surface area contributed by atoms with E-state index in [9.17, 15) is 4.79 Å². The van der Waals surface area contributed by atoms with E-state index in [0.29, 0.717) is 35.1 Å². The smallest absolute Gasteiger partial charge is 0.253 e. The Bertz CT molecular complexity index is 595. The maximum Gasteiger partial charge on any atom is 0.253 e. The van der Waals surface area contributed by atoms with Crippen molar-refractivity contribution in [2.75, 3.05) is 19.9 Å². The number of likely N-dealkylation sites (tertiary alicyclic amines) is 1. The summed E-state index contributed by atoms with van der Waals surface area (Å²) in [5, 5.41) is 0. The quantitative estimate of drug-likeness (QED) is 0.846. The van der Waals surface area contributed by atoms with Gasteiger partial charge in [0.25, 0.3) is 5.91 Å². The average molecular weight is 306 g/mol. The fourth-order valence-electron chi connectivity index (χ4n) is 2.66. The highest BCUT2D eigenvalue weighted by atomic mass is 32.1. The first-order valence-electron chi connectivity index (χ1n) is 6.98. The lowest BCUT2D eigenvalue weighted by Crippen LogP contribution is -2.46. The van der Waals surface area contributed by atoms with Gasteiger partial charge in [-0.3, -0.25) is 4.79 Å². The third-order valence-electron chi connectivity index (χ3n) is 4.37. The molecular weight excluding hydrogens is 288 g/mol. The molecule has 0 unspecified atom stereocenters. The van der Waals surface area contributed by atoms with Crippen LogP contribution in [0.15, 0.2) is 18.2 Å². The lowest BCUT2D eigenvalue weighted by atomic mass is 9.80. The SMILES string of the molecule is CC1(C(N)=S)CCN(C(=O)c2ccc3c(c2)OCO3)CC1. The topological polar surface area (TPSA) is 64.8 Å². The number of hydrogen-bond acceptors (Lipinski definition) is 4. The molecule has 1 fully saturated rings. The van der Waals surface area contributed by atoms with Gasteiger partial charge in [-0.05, 0) is 31.0 Å². The van der Waals surface area contributed by atoms with Gasteiger partial charge in [0.15, 0.2) is 11.5 Å². The van der Waals surface area contributed by atoms with Crippen LogP contribution in [-0.4, -0.2) is 35.7 Å². The van der Waals surface area contributed by atoms with Crippen molar-refractivity contribution in [3.63, 3.8) is 0 Å². The van der Waals surface area contributed by atoms with E-state index in [1.54, 1.807) is 18.2 Å². The van der Waals surface area contributed by atoms with Gasteiger partial charge in [0.1, 0.15) is 0 Å². The fourth-order valence-corrected chi connectivity index (χ4v) is 2.87. The molecule has 0 aromatic heterocycles. The van der Waals surface area contributed by atoms with Crippen LogP contribution < -0.4 is 15.2 Å². The Labute approximate surface area is 129 Å². The first kappa shape index (κ1) is 14.1. The van der Waals surface area contributed by atoms with Crippen LogP contribution in [0.5, 0.6) is 11.5 Å². The number of carbonyl (C=O) groups excluding carboxylic acids is 1. The van der Waals surface area contributed by atoms with Gasteiger partial charge in [0.05, 0.1) is 4.99 Å². The molecule has 0 radical (unpaired) electrons. The summed E-state index contributed by atoms with van der Waals surface area (Å²) in [6.45, 7) is 3.61. The number of fused-ring (bicyclic) bond motifs is 1. The molecule has 2 aliphatic rings. The number of ether oxygens (including phenoxy) is 2. The summed E-state index contributed by atoms with van der Waals surface area (Å²) >= 11 is 5.12. The summed E-state index contributed by atoms with van der Waals surface area (Å²) in [5.74, 6) is 1.33. The van der Waals surface area contributed by atoms with E-state index in [2.05, 4.69) is 6.92 Å². The lowest BCUT2D eigenvalue weighted by Gasteiger charge is -2.38. The molecule has 3 rings (SSSR count). The Balaban J connectivity index is 1.71. The van der Waals surface area contributed by atoms with Gasteiger partial charge in [-0.2, -0.15) is 0 Å². The van der Waals surface area contributed by atoms with Gasteiger partial charge in [-0.1, -0.05) is 19.1 Å². The second kappa shape index (κ2) is 5.18. The number of hydrogen-bond donors (Lipinski definition) is 1. The highest BCUT2D eigenvalue weighted by molar-refractivity contribution is 7.80. The van der Waals surface area contributed by atoms with Crippen molar-refractivity contribution in [1.82, 2.24) is 4.90 Å². The molecule has 0 atom stereocenters. The first-order chi connectivity index (χ1) is 9.99. The van der Waals surface area contributed by atoms with Crippen molar-refractivity contribution in [2.24, 2.45) is 11.1 Å². The molecule has 1 aromatic rings. The first-order valence-corrected chi connectivity index (χ1v) is 7.39. The third kappa shape index (κ3) is 2.55. The summed E-state index contributed by atoms with van der Waals surface area (Å²) in [6, 6.07) is 5.29. The summed E-state index contributed by atoms with van der Waals surface area (Å²) in [5.41, 5.74) is 6.28. The van der Waals surface area contributed by atoms with Crippen molar-refractivity contribution in [1.29, 1.82) is 0 Å². The van der Waals surface area contributed by atoms with Gasteiger partial charge in [-0.15, -0.1) is 0 Å². The van der Waals surface area contributed by atoms with Crippen LogP contribution in [0.25, 0.3) is 0 Å². The largest absolute Gasteiger partial charge is 0.454 e. The van der Waals surface area contributed by atoms with Gasteiger partial charge in [-0.25, -0.2) is 0 Å². The molecule has 1 aromatic carbocycles. The minimum Gasteiger partial charge on any atom is -0.454 e. The third-order valence-corrected chi connectivity index (χ3v) is 4.86. The molecule has 1 amide bonds. The zero-order valence-corrected chi connectivity index (χ0v) is 12.7. The van der Waals surface area contributed by atoms with Crippen LogP contribution in [-0.2, 0) is 0 Å². The molecule has 0 saturated carbocycles. The Hall–Kier alpha value is -1.82. The van der Waals surface area contributed by atoms with Crippen LogP contribution in [0.3, 0.4) is 0 Å². The number of piperidine rings is 1. The van der Waals surface area contributed by atoms with E-state index in [-0.39, 0.29) is 18.1 Å². The Morgan fingerprint density at radius 3 is 2.62 bits per heavy atom. The van der Waals surface area contributed by atoms with Gasteiger partial charge >= 0.3 is 0 Å². The molecule has 112 valence electrons. The molecule has 0 spiro atoms. The van der Waals surface area contributed by atoms with Crippen LogP contribution in [0.4, 0.5) is 0 Å². The molecule has 5 nitrogen and oxygen atoms in total. The molecule has 6 heteroatoms. The molecular formula is C15H18N2O3S. The maximum absolute atomic E-state index is 12.5. The molecule has 2 N–H and O–H groups in total. The highest BCUT2D eigenvalue weighted by Crippen LogP contribution is 2.34. The van der Waals surface area contributed by atoms with E-state index < -0.39 is 0 Å². The number of nitrogens with zero attached hydrogens (tertiary/aromatic N) is 1. The van der Waals surface area contributed by atoms with Crippen molar-refractivity contribution in [3.05, 3.63) is 23.8 Å². The Kier molecular flexibility index (Phi) is 3.49. The van der Waals surface area contributed by atoms with Crippen molar-refractivity contribution < 1.29 is 14.3 Å². The van der Waals surface area contributed by atoms with Gasteiger partial charge in [0.2, 0.25) is 6.79 Å². The second-order valence-corrected chi connectivity index (χ2v) is 6.22. The zero-order valence-electron chi connectivity index (χ0n) is 11.9. The lowest BCUT2D eigenvalue weighted by molar-refractivity contribution is 0.0670. The average Bonchev–Trinajstić information content (AvgIpc) is 2.94. The monoisotopic (exact) mass is 306 g/mol. The van der Waals surface area contributed by atoms with E-state index in [1.807, 2.05) is 4.90 Å². The minimum atomic E-state index is -0.138. The maximum atomic E-state index is 12.5. The minimum absolute atomic E-state index is 0.0123. The standard InChI is InChI=1S/C15H18N2O3S/c1-15(14(16)21)4-6-17(7-5-15)13(18)10-2-3-11-12(8-10)20-9-19-11/h2-3,8H,4-7,9H2,1H3,(H2,16,21). The Morgan fingerprint density at radius 1 is 1.29 bits per heavy atom. The number of nitrogens with two attached hydrogens (primary N) is 1. The normalized spacial score (nSPS) is 19.4. The van der Waals surface area contributed by atoms with E-state index in [0.717, 1.165) is 12.8 Å². The summed E-state index contributed by atoms with van der Waals surface area (Å²) in [4.78, 5) is 14.9. The molecule has 0 aliphatic carbocycles. The van der Waals surface area contributed by atoms with Crippen LogP contribution in [0.1, 0.15) is 30.1 Å². The molecule has 0 bridgehead atoms. The molecule has 2 heterocycles. The summed E-state index contributed by atoms with van der Waals surface area (Å²) < 4.78 is 10.6. The summed E-state index contributed by atoms with van der Waals surface area (Å²) in [6.07, 6.45) is 1.61. The Morgan fingerprint density at radius 2 is 1.95 bits per heavy atom. The van der Waals surface area contributed by atoms with Crippen molar-refractivity contribution in [3.8, 4) is 11.5 Å². The van der Waals surface area contributed by atoms with Gasteiger partial charge in [0, 0.05) is 24.1 Å². The van der Waals surface area contributed by atoms with E-state index >= 15 is 0 Å². The number of carbonyl (C=O) groups is 1. The number of rotatable bonds is 2. The predicted molar refractivity (Wildman–Crippen MR) is 82.6 cm³/mol. The molecule has 1 saturated heterocycles. The predicted octanol–water partition coefficient (Wildman–Crippen LogP) is 1.94. The van der Waals surface area contributed by atoms with Crippen molar-refractivity contribution in [2.45, 2.75) is 19.8 Å². The van der Waals surface area contributed by atoms with Crippen molar-refractivity contribution >= 4 is 23.1 Å². The number of thiocarbonyl (C=S) groups is 1. The van der Waals surface area contributed by atoms with E-state index in [1.165, 1.54) is 0 Å². The van der Waals surface area contributed by atoms with Crippen LogP contribution in [0, 0.1) is 5.41 Å². The summed E-state index contributed by atoms with van der Waals surface area (Å²) in [7, 11) is 0. The molecule has 2 aliphatic heterocycles. The highest BCUT2D eigenvalue weighted by Gasteiger charge is 2.34. The second-order valence-electron chi connectivity index (χ2n) is 5.79. The van der Waals surface area contributed by atoms with E-state index in [4.69, 9.17) is 27.4 Å². The number of benzene rings is 1. The van der Waals surface area contributed by atoms with Crippen LogP contribution >= 0.6 is 12.2 Å².